The van der Waals surface area contributed by atoms with Gasteiger partial charge in [-0.2, -0.15) is 0 Å². The third kappa shape index (κ3) is 3.05. The van der Waals surface area contributed by atoms with Crippen molar-refractivity contribution >= 4 is 17.7 Å². The van der Waals surface area contributed by atoms with Gasteiger partial charge in [-0.1, -0.05) is 11.8 Å². The fourth-order valence-electron chi connectivity index (χ4n) is 1.32. The molecule has 2 N–H and O–H groups in total. The summed E-state index contributed by atoms with van der Waals surface area (Å²) in [4.78, 5) is 14.1. The molecule has 2 aromatic rings. The van der Waals surface area contributed by atoms with Crippen molar-refractivity contribution in [3.8, 4) is 11.4 Å². The molecular formula is C10H6F3N3O2S. The number of rotatable bonds is 4. The largest absolute Gasteiger partial charge is 0.481 e. The normalized spacial score (nSPS) is 10.7. The maximum absolute atomic E-state index is 13.5. The maximum Gasteiger partial charge on any atom is 0.313 e. The molecule has 1 aromatic heterocycles. The molecular weight excluding hydrogens is 283 g/mol. The molecule has 0 spiro atoms. The van der Waals surface area contributed by atoms with Crippen LogP contribution in [0.1, 0.15) is 0 Å². The number of halogens is 3. The van der Waals surface area contributed by atoms with Crippen molar-refractivity contribution in [1.82, 2.24) is 15.2 Å². The Morgan fingerprint density at radius 2 is 1.95 bits per heavy atom. The van der Waals surface area contributed by atoms with E-state index in [1.807, 2.05) is 0 Å². The predicted octanol–water partition coefficient (Wildman–Crippen LogP) is 2.07. The van der Waals surface area contributed by atoms with Crippen LogP contribution in [0, 0.1) is 17.5 Å². The Hall–Kier alpha value is -2.03. The van der Waals surface area contributed by atoms with Gasteiger partial charge in [0.05, 0.1) is 11.3 Å². The number of carbonyl (C=O) groups is 1. The molecule has 2 rings (SSSR count). The van der Waals surface area contributed by atoms with Gasteiger partial charge in [-0.25, -0.2) is 18.2 Å². The van der Waals surface area contributed by atoms with Crippen molar-refractivity contribution in [3.63, 3.8) is 0 Å². The van der Waals surface area contributed by atoms with Gasteiger partial charge in [0, 0.05) is 12.1 Å². The third-order valence-electron chi connectivity index (χ3n) is 2.03. The van der Waals surface area contributed by atoms with Crippen LogP contribution < -0.4 is 0 Å². The molecule has 1 heterocycles. The van der Waals surface area contributed by atoms with Crippen molar-refractivity contribution in [1.29, 1.82) is 0 Å². The predicted molar refractivity (Wildman–Crippen MR) is 60.1 cm³/mol. The van der Waals surface area contributed by atoms with Crippen LogP contribution in [0.3, 0.4) is 0 Å². The van der Waals surface area contributed by atoms with Gasteiger partial charge >= 0.3 is 5.97 Å². The number of aliphatic carboxylic acids is 1. The summed E-state index contributed by atoms with van der Waals surface area (Å²) in [5.74, 6) is -4.88. The standard InChI is InChI=1S/C10H6F3N3O2S/c11-4-1-5(12)8(6(13)2-4)9-14-10(16-15-9)19-3-7(17)18/h1-2H,3H2,(H,17,18)(H,14,15,16). The number of hydrogen-bond donors (Lipinski definition) is 2. The number of carboxylic acid groups (broad SMARTS) is 1. The van der Waals surface area contributed by atoms with Gasteiger partial charge in [0.1, 0.15) is 17.5 Å². The molecule has 5 nitrogen and oxygen atoms in total. The van der Waals surface area contributed by atoms with Gasteiger partial charge in [-0.15, -0.1) is 5.10 Å². The monoisotopic (exact) mass is 289 g/mol. The summed E-state index contributed by atoms with van der Waals surface area (Å²) in [6.45, 7) is 0. The molecule has 0 bridgehead atoms. The van der Waals surface area contributed by atoms with E-state index in [0.29, 0.717) is 12.1 Å². The first kappa shape index (κ1) is 13.4. The van der Waals surface area contributed by atoms with E-state index in [-0.39, 0.29) is 16.7 Å². The molecule has 1 aromatic carbocycles. The lowest BCUT2D eigenvalue weighted by Crippen LogP contribution is -1.97. The number of benzene rings is 1. The summed E-state index contributed by atoms with van der Waals surface area (Å²) < 4.78 is 39.6. The maximum atomic E-state index is 13.5. The first-order chi connectivity index (χ1) is 8.97. The summed E-state index contributed by atoms with van der Waals surface area (Å²) in [5, 5.41) is 14.4. The Labute approximate surface area is 108 Å². The molecule has 0 saturated heterocycles. The van der Waals surface area contributed by atoms with Gasteiger partial charge in [-0.05, 0) is 0 Å². The second-order valence-corrected chi connectivity index (χ2v) is 4.34. The van der Waals surface area contributed by atoms with Crippen LogP contribution in [-0.4, -0.2) is 32.0 Å². The van der Waals surface area contributed by atoms with E-state index >= 15 is 0 Å². The lowest BCUT2D eigenvalue weighted by atomic mass is 10.2. The summed E-state index contributed by atoms with van der Waals surface area (Å²) in [6, 6.07) is 1.04. The lowest BCUT2D eigenvalue weighted by Gasteiger charge is -2.00. The van der Waals surface area contributed by atoms with E-state index in [1.165, 1.54) is 0 Å². The average molecular weight is 289 g/mol. The molecule has 0 atom stereocenters. The highest BCUT2D eigenvalue weighted by molar-refractivity contribution is 7.99. The van der Waals surface area contributed by atoms with E-state index in [0.717, 1.165) is 11.8 Å². The minimum absolute atomic E-state index is 0.0283. The second-order valence-electron chi connectivity index (χ2n) is 3.39. The molecule has 100 valence electrons. The van der Waals surface area contributed by atoms with Crippen LogP contribution >= 0.6 is 11.8 Å². The van der Waals surface area contributed by atoms with Gasteiger partial charge in [0.15, 0.2) is 5.82 Å². The van der Waals surface area contributed by atoms with Crippen molar-refractivity contribution in [2.45, 2.75) is 5.16 Å². The Morgan fingerprint density at radius 3 is 2.53 bits per heavy atom. The van der Waals surface area contributed by atoms with Crippen molar-refractivity contribution in [2.24, 2.45) is 0 Å². The molecule has 9 heteroatoms. The Balaban J connectivity index is 2.30. The zero-order valence-corrected chi connectivity index (χ0v) is 9.97. The van der Waals surface area contributed by atoms with E-state index in [4.69, 9.17) is 5.11 Å². The van der Waals surface area contributed by atoms with E-state index < -0.39 is 29.0 Å². The third-order valence-corrected chi connectivity index (χ3v) is 2.87. The average Bonchev–Trinajstić information content (AvgIpc) is 2.73. The fraction of sp³-hybridized carbons (Fsp3) is 0.100. The fourth-order valence-corrected chi connectivity index (χ4v) is 1.84. The first-order valence-electron chi connectivity index (χ1n) is 4.89. The minimum atomic E-state index is -1.12. The second kappa shape index (κ2) is 5.31. The Kier molecular flexibility index (Phi) is 3.74. The number of thioether (sulfide) groups is 1. The van der Waals surface area contributed by atoms with E-state index in [2.05, 4.69) is 15.2 Å². The highest BCUT2D eigenvalue weighted by atomic mass is 32.2. The SMILES string of the molecule is O=C(O)CSc1n[nH]c(-c2c(F)cc(F)cc2F)n1. The van der Waals surface area contributed by atoms with Crippen molar-refractivity contribution < 1.29 is 23.1 Å². The number of H-pyrrole nitrogens is 1. The Bertz CT molecular complexity index is 609. The van der Waals surface area contributed by atoms with E-state index in [9.17, 15) is 18.0 Å². The Morgan fingerprint density at radius 1 is 1.32 bits per heavy atom. The number of nitrogens with zero attached hydrogens (tertiary/aromatic N) is 2. The van der Waals surface area contributed by atoms with Gasteiger partial charge in [-0.3, -0.25) is 9.89 Å². The lowest BCUT2D eigenvalue weighted by molar-refractivity contribution is -0.133. The highest BCUT2D eigenvalue weighted by Crippen LogP contribution is 2.25. The summed E-state index contributed by atoms with van der Waals surface area (Å²) >= 11 is 0.787. The molecule has 0 radical (unpaired) electrons. The summed E-state index contributed by atoms with van der Waals surface area (Å²) in [7, 11) is 0. The topological polar surface area (TPSA) is 78.9 Å². The quantitative estimate of drug-likeness (QED) is 0.842. The smallest absolute Gasteiger partial charge is 0.313 e. The van der Waals surface area contributed by atoms with Crippen LogP contribution in [0.4, 0.5) is 13.2 Å². The molecule has 0 saturated carbocycles. The van der Waals surface area contributed by atoms with E-state index in [1.54, 1.807) is 0 Å². The minimum Gasteiger partial charge on any atom is -0.481 e. The van der Waals surface area contributed by atoms with Gasteiger partial charge in [0.2, 0.25) is 5.16 Å². The number of nitrogens with one attached hydrogen (secondary N) is 1. The molecule has 0 aliphatic carbocycles. The van der Waals surface area contributed by atoms with Crippen LogP contribution in [0.25, 0.3) is 11.4 Å². The number of aromatic nitrogens is 3. The van der Waals surface area contributed by atoms with Crippen LogP contribution in [0.2, 0.25) is 0 Å². The molecule has 0 aliphatic rings. The zero-order valence-electron chi connectivity index (χ0n) is 9.15. The number of hydrogen-bond acceptors (Lipinski definition) is 4. The zero-order chi connectivity index (χ0) is 14.0. The molecule has 0 amide bonds. The summed E-state index contributed by atoms with van der Waals surface area (Å²) in [6.07, 6.45) is 0. The van der Waals surface area contributed by atoms with Crippen LogP contribution in [0.15, 0.2) is 17.3 Å². The van der Waals surface area contributed by atoms with Gasteiger partial charge in [0.25, 0.3) is 0 Å². The molecule has 0 aliphatic heterocycles. The number of aromatic amines is 1. The molecule has 19 heavy (non-hydrogen) atoms. The van der Waals surface area contributed by atoms with Crippen LogP contribution in [0.5, 0.6) is 0 Å². The van der Waals surface area contributed by atoms with Crippen molar-refractivity contribution in [2.75, 3.05) is 5.75 Å². The first-order valence-corrected chi connectivity index (χ1v) is 5.88. The molecule has 0 fully saturated rings. The van der Waals surface area contributed by atoms with Crippen LogP contribution in [-0.2, 0) is 4.79 Å². The molecule has 0 unspecified atom stereocenters. The summed E-state index contributed by atoms with van der Waals surface area (Å²) in [5.41, 5.74) is -0.545. The number of carboxylic acids is 1. The highest BCUT2D eigenvalue weighted by Gasteiger charge is 2.17. The van der Waals surface area contributed by atoms with Gasteiger partial charge < -0.3 is 5.11 Å². The van der Waals surface area contributed by atoms with Crippen molar-refractivity contribution in [3.05, 3.63) is 29.6 Å².